The van der Waals surface area contributed by atoms with Crippen molar-refractivity contribution in [3.63, 3.8) is 0 Å². The number of hydrogen-bond donors (Lipinski definition) is 3. The molecule has 0 aliphatic carbocycles. The van der Waals surface area contributed by atoms with Gasteiger partial charge >= 0.3 is 18.4 Å². The number of nitriles is 1. The average Bonchev–Trinajstić information content (AvgIpc) is 3.88. The number of alkyl carbamates (subject to hydrolysis) is 1. The molecule has 2 unspecified atom stereocenters. The van der Waals surface area contributed by atoms with Crippen LogP contribution in [-0.4, -0.2) is 105 Å². The topological polar surface area (TPSA) is 226 Å². The van der Waals surface area contributed by atoms with Gasteiger partial charge in [-0.2, -0.15) is 18.4 Å². The minimum Gasteiger partial charge on any atom is -0.444 e. The lowest BCUT2D eigenvalue weighted by molar-refractivity contribution is -0.138. The van der Waals surface area contributed by atoms with E-state index >= 15 is 0 Å². The number of carbonyl (C=O) groups excluding carboxylic acids is 5. The van der Waals surface area contributed by atoms with Gasteiger partial charge in [0.15, 0.2) is 0 Å². The molecule has 3 aliphatic rings. The number of nitrogens with zero attached hydrogens (tertiary/aromatic N) is 8. The number of pyridine rings is 1. The zero-order chi connectivity index (χ0) is 53.7. The summed E-state index contributed by atoms with van der Waals surface area (Å²) in [4.78, 5) is 76.6. The smallest absolute Gasteiger partial charge is 0.416 e. The quantitative estimate of drug-likeness (QED) is 0.0954. The number of benzene rings is 2. The molecule has 0 saturated carbocycles. The van der Waals surface area contributed by atoms with E-state index in [1.807, 2.05) is 6.07 Å². The van der Waals surface area contributed by atoms with Crippen LogP contribution in [-0.2, 0) is 68.6 Å². The summed E-state index contributed by atoms with van der Waals surface area (Å²) in [5.41, 5.74) is -0.889. The van der Waals surface area contributed by atoms with Gasteiger partial charge in [-0.15, -0.1) is 10.2 Å². The largest absolute Gasteiger partial charge is 0.444 e. The fraction of sp³-hybridized carbons (Fsp3) is 0.519. The maximum atomic E-state index is 14.9. The Morgan fingerprint density at radius 1 is 1.01 bits per heavy atom. The van der Waals surface area contributed by atoms with Crippen molar-refractivity contribution >= 4 is 47.2 Å². The Morgan fingerprint density at radius 2 is 1.74 bits per heavy atom. The normalized spacial score (nSPS) is 17.4. The van der Waals surface area contributed by atoms with E-state index in [-0.39, 0.29) is 68.0 Å². The Labute approximate surface area is 428 Å². The van der Waals surface area contributed by atoms with Gasteiger partial charge in [-0.1, -0.05) is 32.9 Å². The number of hydrogen-bond acceptors (Lipinski definition) is 13. The Hall–Kier alpha value is -7.12. The molecule has 3 atom stereocenters. The van der Waals surface area contributed by atoms with Gasteiger partial charge in [0.05, 0.1) is 37.8 Å². The summed E-state index contributed by atoms with van der Waals surface area (Å²) >= 11 is 0. The number of amides is 5. The van der Waals surface area contributed by atoms with Gasteiger partial charge in [0.2, 0.25) is 11.8 Å². The van der Waals surface area contributed by atoms with E-state index in [4.69, 9.17) is 19.2 Å². The van der Waals surface area contributed by atoms with Crippen molar-refractivity contribution in [1.82, 2.24) is 35.3 Å². The molecule has 3 N–H and O–H groups in total. The van der Waals surface area contributed by atoms with Crippen LogP contribution in [0, 0.1) is 23.2 Å². The van der Waals surface area contributed by atoms with E-state index in [1.165, 1.54) is 11.8 Å². The second-order valence-electron chi connectivity index (χ2n) is 20.8. The van der Waals surface area contributed by atoms with Gasteiger partial charge < -0.3 is 34.7 Å². The van der Waals surface area contributed by atoms with E-state index < -0.39 is 71.3 Å². The van der Waals surface area contributed by atoms with Crippen LogP contribution >= 0.6 is 0 Å². The van der Waals surface area contributed by atoms with Crippen LogP contribution < -0.4 is 25.8 Å². The Balaban J connectivity index is 1.11. The van der Waals surface area contributed by atoms with Crippen molar-refractivity contribution in [1.29, 1.82) is 5.26 Å². The summed E-state index contributed by atoms with van der Waals surface area (Å²) in [5, 5.41) is 25.9. The first kappa shape index (κ1) is 54.6. The highest BCUT2D eigenvalue weighted by atomic mass is 19.4. The van der Waals surface area contributed by atoms with E-state index in [1.54, 1.807) is 95.0 Å². The minimum absolute atomic E-state index is 0.0127. The monoisotopic (exact) mass is 1030 g/mol. The maximum absolute atomic E-state index is 14.9. The van der Waals surface area contributed by atoms with Crippen LogP contribution in [0.1, 0.15) is 112 Å². The van der Waals surface area contributed by atoms with Crippen molar-refractivity contribution in [2.75, 3.05) is 48.0 Å². The first-order valence-corrected chi connectivity index (χ1v) is 24.6. The predicted octanol–water partition coefficient (Wildman–Crippen LogP) is 7.18. The van der Waals surface area contributed by atoms with Gasteiger partial charge in [-0.3, -0.25) is 29.1 Å². The van der Waals surface area contributed by atoms with Crippen LogP contribution in [0.25, 0.3) is 0 Å². The van der Waals surface area contributed by atoms with Gasteiger partial charge in [0.1, 0.15) is 48.1 Å². The van der Waals surface area contributed by atoms with E-state index in [9.17, 15) is 42.4 Å². The maximum Gasteiger partial charge on any atom is 0.416 e. The molecular formula is C52H64F3N11O8. The number of alkyl halides is 3. The summed E-state index contributed by atoms with van der Waals surface area (Å²) in [7, 11) is 1.79. The number of likely N-dealkylation sites (tertiary alicyclic amines) is 1. The molecule has 22 heteroatoms. The van der Waals surface area contributed by atoms with E-state index in [2.05, 4.69) is 38.0 Å². The average molecular weight is 1030 g/mol. The Morgan fingerprint density at radius 3 is 2.35 bits per heavy atom. The SMILES string of the molecule is CC(NC(=O)C(NC(=O)OC(C)(C)C)C(C)C)C(=O)Nc1ccc(COC(=O)N(CCC#N)c2cc(C3(Cc4nncn4C)COC3)cc(N3Cc4c(cc(CN5CCC[C@H](C)C5)cc4C(F)(F)F)C3=O)n2)cc1. The fourth-order valence-electron chi connectivity index (χ4n) is 9.22. The zero-order valence-electron chi connectivity index (χ0n) is 43.0. The lowest BCUT2D eigenvalue weighted by Crippen LogP contribution is -2.54. The number of rotatable bonds is 17. The van der Waals surface area contributed by atoms with E-state index in [0.29, 0.717) is 40.5 Å². The third-order valence-corrected chi connectivity index (χ3v) is 13.2. The minimum atomic E-state index is -4.76. The van der Waals surface area contributed by atoms with Crippen LogP contribution in [0.5, 0.6) is 0 Å². The first-order valence-electron chi connectivity index (χ1n) is 24.6. The lowest BCUT2D eigenvalue weighted by Gasteiger charge is -2.42. The standard InChI is InChI=1S/C52H64F3N11O8/c1-31(2)44(61-48(70)74-50(5,6)7)46(68)58-33(4)45(67)59-37-14-12-34(13-15-37)27-73-49(71)65(18-10-16-56)41-21-36(51(28-72-29-51)23-43-62-57-30-63(43)8)22-42(60-41)66-26-39-38(47(66)69)19-35(20-40(39)52(53,54)55)25-64-17-9-11-32(3)24-64/h12-15,19-22,30-33,44H,9-11,17-18,23-29H2,1-8H3,(H,58,68)(H,59,67)(H,61,70)/t32-,33?,44?/m0/s1. The third-order valence-electron chi connectivity index (χ3n) is 13.2. The van der Waals surface area contributed by atoms with E-state index in [0.717, 1.165) is 36.9 Å². The van der Waals surface area contributed by atoms with Crippen molar-refractivity contribution < 1.29 is 51.4 Å². The molecule has 2 fully saturated rings. The summed E-state index contributed by atoms with van der Waals surface area (Å²) in [6.45, 7) is 13.4. The molecular weight excluding hydrogens is 964 g/mol. The number of aryl methyl sites for hydroxylation is 1. The Bertz CT molecular complexity index is 2770. The second-order valence-corrected chi connectivity index (χ2v) is 20.8. The molecule has 0 radical (unpaired) electrons. The van der Waals surface area contributed by atoms with Crippen molar-refractivity contribution in [3.8, 4) is 6.07 Å². The predicted molar refractivity (Wildman–Crippen MR) is 266 cm³/mol. The highest BCUT2D eigenvalue weighted by Crippen LogP contribution is 2.43. The van der Waals surface area contributed by atoms with Crippen molar-refractivity contribution in [2.24, 2.45) is 18.9 Å². The Kier molecular flexibility index (Phi) is 16.7. The number of piperidine rings is 1. The van der Waals surface area contributed by atoms with Gasteiger partial charge in [0.25, 0.3) is 5.91 Å². The molecule has 5 amide bonds. The number of carbonyl (C=O) groups is 5. The molecule has 2 saturated heterocycles. The fourth-order valence-corrected chi connectivity index (χ4v) is 9.22. The molecule has 3 aliphatic heterocycles. The van der Waals surface area contributed by atoms with Gasteiger partial charge in [-0.05, 0) is 118 Å². The van der Waals surface area contributed by atoms with Gasteiger partial charge in [0, 0.05) is 49.8 Å². The van der Waals surface area contributed by atoms with Crippen LogP contribution in [0.4, 0.5) is 40.1 Å². The van der Waals surface area contributed by atoms with Crippen molar-refractivity contribution in [2.45, 2.75) is 123 Å². The molecule has 74 heavy (non-hydrogen) atoms. The second kappa shape index (κ2) is 22.6. The van der Waals surface area contributed by atoms with Crippen LogP contribution in [0.3, 0.4) is 0 Å². The molecule has 2 aromatic heterocycles. The first-order chi connectivity index (χ1) is 34.9. The zero-order valence-corrected chi connectivity index (χ0v) is 43.0. The number of ether oxygens (including phenoxy) is 3. The highest BCUT2D eigenvalue weighted by Gasteiger charge is 2.45. The third kappa shape index (κ3) is 13.2. The highest BCUT2D eigenvalue weighted by molar-refractivity contribution is 6.10. The van der Waals surface area contributed by atoms with Crippen molar-refractivity contribution in [3.05, 3.63) is 94.1 Å². The number of fused-ring (bicyclic) bond motifs is 1. The summed E-state index contributed by atoms with van der Waals surface area (Å²) < 4.78 is 63.3. The molecule has 5 heterocycles. The van der Waals surface area contributed by atoms with Crippen LogP contribution in [0.2, 0.25) is 0 Å². The summed E-state index contributed by atoms with van der Waals surface area (Å²) in [6, 6.07) is 12.4. The molecule has 396 valence electrons. The number of anilines is 3. The molecule has 0 spiro atoms. The summed E-state index contributed by atoms with van der Waals surface area (Å²) in [6.07, 6.45) is -2.76. The molecule has 0 bridgehead atoms. The molecule has 19 nitrogen and oxygen atoms in total. The molecule has 2 aromatic carbocycles. The van der Waals surface area contributed by atoms with Gasteiger partial charge in [-0.25, -0.2) is 14.6 Å². The molecule has 4 aromatic rings. The summed E-state index contributed by atoms with van der Waals surface area (Å²) in [5.74, 6) is -1.15. The lowest BCUT2D eigenvalue weighted by atomic mass is 9.75. The number of halogens is 3. The molecule has 7 rings (SSSR count). The van der Waals surface area contributed by atoms with Crippen LogP contribution in [0.15, 0.2) is 54.9 Å². The number of nitrogens with one attached hydrogen (secondary N) is 3. The number of aromatic nitrogens is 4.